The van der Waals surface area contributed by atoms with Gasteiger partial charge in [-0.3, -0.25) is 19.1 Å². The van der Waals surface area contributed by atoms with Crippen LogP contribution in [0.3, 0.4) is 0 Å². The standard InChI is InChI=1S/C19H26N2O8S/c1-19(2,3)29-18(23)20-16(11-13-5-7-15(8-6-13)21(24)25)12-14(17(20)22)9-10-28-30(4,26)27/h5-8,14,16H,9-12H2,1-4H3/t14-,16-/m0/s1. The number of amides is 2. The summed E-state index contributed by atoms with van der Waals surface area (Å²) >= 11 is 0. The number of benzene rings is 1. The number of non-ortho nitro benzene ring substituents is 1. The molecule has 2 amide bonds. The van der Waals surface area contributed by atoms with Gasteiger partial charge in [-0.1, -0.05) is 12.1 Å². The highest BCUT2D eigenvalue weighted by Crippen LogP contribution is 2.31. The molecule has 1 aromatic rings. The smallest absolute Gasteiger partial charge is 0.417 e. The average molecular weight is 442 g/mol. The van der Waals surface area contributed by atoms with Crippen molar-refractivity contribution < 1.29 is 31.9 Å². The topological polar surface area (TPSA) is 133 Å². The Morgan fingerprint density at radius 3 is 2.37 bits per heavy atom. The molecule has 1 heterocycles. The lowest BCUT2D eigenvalue weighted by atomic mass is 9.97. The normalized spacial score (nSPS) is 19.7. The van der Waals surface area contributed by atoms with Crippen molar-refractivity contribution in [2.24, 2.45) is 5.92 Å². The predicted octanol–water partition coefficient (Wildman–Crippen LogP) is 2.66. The number of carbonyl (C=O) groups is 2. The van der Waals surface area contributed by atoms with Crippen molar-refractivity contribution in [3.8, 4) is 0 Å². The summed E-state index contributed by atoms with van der Waals surface area (Å²) in [7, 11) is -3.63. The number of nitrogens with zero attached hydrogens (tertiary/aromatic N) is 2. The van der Waals surface area contributed by atoms with E-state index in [0.29, 0.717) is 12.8 Å². The van der Waals surface area contributed by atoms with Gasteiger partial charge in [-0.2, -0.15) is 8.42 Å². The summed E-state index contributed by atoms with van der Waals surface area (Å²) in [5.41, 5.74) is -0.131. The number of imide groups is 1. The molecule has 1 fully saturated rings. The van der Waals surface area contributed by atoms with Crippen LogP contribution in [0.15, 0.2) is 24.3 Å². The van der Waals surface area contributed by atoms with Crippen molar-refractivity contribution in [2.75, 3.05) is 12.9 Å². The first-order valence-electron chi connectivity index (χ1n) is 9.40. The molecule has 0 N–H and O–H groups in total. The molecule has 0 radical (unpaired) electrons. The van der Waals surface area contributed by atoms with E-state index in [2.05, 4.69) is 0 Å². The molecule has 2 atom stereocenters. The Morgan fingerprint density at radius 2 is 1.87 bits per heavy atom. The van der Waals surface area contributed by atoms with Crippen molar-refractivity contribution in [3.05, 3.63) is 39.9 Å². The number of rotatable bonds is 7. The highest BCUT2D eigenvalue weighted by atomic mass is 32.2. The number of nitro groups is 1. The molecule has 0 unspecified atom stereocenters. The fourth-order valence-corrected chi connectivity index (χ4v) is 3.64. The Bertz CT molecular complexity index is 905. The number of hydrogen-bond donors (Lipinski definition) is 0. The number of nitro benzene ring substituents is 1. The maximum atomic E-state index is 12.9. The van der Waals surface area contributed by atoms with Gasteiger partial charge >= 0.3 is 6.09 Å². The highest BCUT2D eigenvalue weighted by molar-refractivity contribution is 7.85. The third-order valence-electron chi connectivity index (χ3n) is 4.48. The molecule has 1 aliphatic heterocycles. The summed E-state index contributed by atoms with van der Waals surface area (Å²) in [5, 5.41) is 10.8. The Balaban J connectivity index is 2.18. The molecule has 0 aromatic heterocycles. The zero-order valence-corrected chi connectivity index (χ0v) is 18.2. The van der Waals surface area contributed by atoms with Crippen molar-refractivity contribution in [2.45, 2.75) is 51.7 Å². The zero-order chi connectivity index (χ0) is 22.7. The van der Waals surface area contributed by atoms with Crippen LogP contribution in [0.1, 0.15) is 39.2 Å². The van der Waals surface area contributed by atoms with Crippen LogP contribution in [0.25, 0.3) is 0 Å². The first-order valence-corrected chi connectivity index (χ1v) is 11.2. The van der Waals surface area contributed by atoms with Crippen molar-refractivity contribution in [1.82, 2.24) is 4.90 Å². The lowest BCUT2D eigenvalue weighted by molar-refractivity contribution is -0.384. The van der Waals surface area contributed by atoms with E-state index in [1.54, 1.807) is 32.9 Å². The van der Waals surface area contributed by atoms with E-state index in [1.807, 2.05) is 0 Å². The van der Waals surface area contributed by atoms with Gasteiger partial charge in [0.2, 0.25) is 5.91 Å². The number of hydrogen-bond acceptors (Lipinski definition) is 8. The summed E-state index contributed by atoms with van der Waals surface area (Å²) in [6.45, 7) is 4.90. The molecule has 10 nitrogen and oxygen atoms in total. The molecule has 30 heavy (non-hydrogen) atoms. The van der Waals surface area contributed by atoms with E-state index in [9.17, 15) is 28.1 Å². The summed E-state index contributed by atoms with van der Waals surface area (Å²) in [5.74, 6) is -1.05. The number of ether oxygens (including phenoxy) is 1. The van der Waals surface area contributed by atoms with Gasteiger partial charge in [0, 0.05) is 24.1 Å². The molecule has 0 spiro atoms. The van der Waals surface area contributed by atoms with E-state index in [0.717, 1.165) is 16.7 Å². The van der Waals surface area contributed by atoms with Gasteiger partial charge in [0.05, 0.1) is 17.8 Å². The second-order valence-electron chi connectivity index (χ2n) is 8.22. The molecular weight excluding hydrogens is 416 g/mol. The third-order valence-corrected chi connectivity index (χ3v) is 5.08. The fraction of sp³-hybridized carbons (Fsp3) is 0.579. The number of likely N-dealkylation sites (tertiary alicyclic amines) is 1. The maximum absolute atomic E-state index is 12.9. The van der Waals surface area contributed by atoms with Crippen LogP contribution in [-0.2, 0) is 30.3 Å². The fourth-order valence-electron chi connectivity index (χ4n) is 3.24. The van der Waals surface area contributed by atoms with Gasteiger partial charge in [0.25, 0.3) is 15.8 Å². The SMILES string of the molecule is CC(C)(C)OC(=O)N1C(=O)[C@@H](CCOS(C)(=O)=O)C[C@@H]1Cc1ccc([N+](=O)[O-])cc1. The Hall–Kier alpha value is -2.53. The Morgan fingerprint density at radius 1 is 1.27 bits per heavy atom. The van der Waals surface area contributed by atoms with Crippen molar-refractivity contribution in [1.29, 1.82) is 0 Å². The number of carbonyl (C=O) groups excluding carboxylic acids is 2. The zero-order valence-electron chi connectivity index (χ0n) is 17.4. The minimum Gasteiger partial charge on any atom is -0.443 e. The van der Waals surface area contributed by atoms with E-state index in [1.165, 1.54) is 12.1 Å². The van der Waals surface area contributed by atoms with Gasteiger partial charge in [-0.05, 0) is 45.6 Å². The molecule has 1 saturated heterocycles. The summed E-state index contributed by atoms with van der Waals surface area (Å²) < 4.78 is 32.4. The second-order valence-corrected chi connectivity index (χ2v) is 9.86. The molecule has 0 bridgehead atoms. The monoisotopic (exact) mass is 442 g/mol. The van der Waals surface area contributed by atoms with Gasteiger partial charge in [0.1, 0.15) is 5.60 Å². The molecule has 2 rings (SSSR count). The summed E-state index contributed by atoms with van der Waals surface area (Å²) in [6.07, 6.45) is 0.899. The van der Waals surface area contributed by atoms with Crippen LogP contribution >= 0.6 is 0 Å². The first kappa shape index (κ1) is 23.7. The van der Waals surface area contributed by atoms with Crippen LogP contribution in [0.2, 0.25) is 0 Å². The molecule has 1 aliphatic rings. The third kappa shape index (κ3) is 6.77. The predicted molar refractivity (Wildman–Crippen MR) is 107 cm³/mol. The molecule has 166 valence electrons. The molecular formula is C19H26N2O8S. The molecule has 0 aliphatic carbocycles. The van der Waals surface area contributed by atoms with Crippen LogP contribution in [-0.4, -0.2) is 54.7 Å². The van der Waals surface area contributed by atoms with Gasteiger partial charge in [0.15, 0.2) is 0 Å². The van der Waals surface area contributed by atoms with E-state index < -0.39 is 44.6 Å². The molecule has 11 heteroatoms. The van der Waals surface area contributed by atoms with Crippen molar-refractivity contribution in [3.63, 3.8) is 0 Å². The van der Waals surface area contributed by atoms with Crippen LogP contribution < -0.4 is 0 Å². The first-order chi connectivity index (χ1) is 13.8. The minimum absolute atomic E-state index is 0.0546. The molecule has 1 aromatic carbocycles. The highest BCUT2D eigenvalue weighted by Gasteiger charge is 2.44. The van der Waals surface area contributed by atoms with Crippen molar-refractivity contribution >= 4 is 27.8 Å². The lowest BCUT2D eigenvalue weighted by Crippen LogP contribution is -2.43. The Kier molecular flexibility index (Phi) is 7.19. The van der Waals surface area contributed by atoms with Gasteiger partial charge in [-0.15, -0.1) is 0 Å². The summed E-state index contributed by atoms with van der Waals surface area (Å²) in [6, 6.07) is 5.37. The molecule has 0 saturated carbocycles. The average Bonchev–Trinajstić information content (AvgIpc) is 2.88. The minimum atomic E-state index is -3.63. The largest absolute Gasteiger partial charge is 0.443 e. The van der Waals surface area contributed by atoms with Crippen LogP contribution in [0, 0.1) is 16.0 Å². The van der Waals surface area contributed by atoms with E-state index in [4.69, 9.17) is 8.92 Å². The second kappa shape index (κ2) is 9.09. The van der Waals surface area contributed by atoms with Crippen LogP contribution in [0.5, 0.6) is 0 Å². The van der Waals surface area contributed by atoms with Gasteiger partial charge in [-0.25, -0.2) is 9.69 Å². The summed E-state index contributed by atoms with van der Waals surface area (Å²) in [4.78, 5) is 36.9. The van der Waals surface area contributed by atoms with E-state index in [-0.39, 0.29) is 18.7 Å². The van der Waals surface area contributed by atoms with Gasteiger partial charge < -0.3 is 4.74 Å². The Labute approximate surface area is 175 Å². The van der Waals surface area contributed by atoms with E-state index >= 15 is 0 Å². The maximum Gasteiger partial charge on any atom is 0.417 e. The quantitative estimate of drug-likeness (QED) is 0.357. The van der Waals surface area contributed by atoms with Crippen LogP contribution in [0.4, 0.5) is 10.5 Å². The lowest BCUT2D eigenvalue weighted by Gasteiger charge is -2.27.